The van der Waals surface area contributed by atoms with Crippen LogP contribution >= 0.6 is 11.3 Å². The van der Waals surface area contributed by atoms with Gasteiger partial charge in [0.05, 0.1) is 23.7 Å². The lowest BCUT2D eigenvalue weighted by molar-refractivity contribution is -0.117. The van der Waals surface area contributed by atoms with Gasteiger partial charge in [0, 0.05) is 17.5 Å². The molecule has 0 unspecified atom stereocenters. The van der Waals surface area contributed by atoms with Gasteiger partial charge in [-0.3, -0.25) is 19.1 Å². The van der Waals surface area contributed by atoms with Crippen molar-refractivity contribution in [2.24, 2.45) is 0 Å². The van der Waals surface area contributed by atoms with E-state index in [9.17, 15) is 18.8 Å². The Bertz CT molecular complexity index is 1460. The Labute approximate surface area is 198 Å². The van der Waals surface area contributed by atoms with Gasteiger partial charge in [-0.05, 0) is 36.8 Å². The van der Waals surface area contributed by atoms with Crippen LogP contribution in [0.4, 0.5) is 15.9 Å². The van der Waals surface area contributed by atoms with E-state index in [1.165, 1.54) is 35.1 Å². The zero-order chi connectivity index (χ0) is 24.4. The van der Waals surface area contributed by atoms with Crippen molar-refractivity contribution in [3.63, 3.8) is 0 Å². The lowest BCUT2D eigenvalue weighted by Gasteiger charge is -2.20. The number of thiazole rings is 1. The highest BCUT2D eigenvalue weighted by Gasteiger charge is 2.23. The molecule has 3 N–H and O–H groups in total. The molecule has 0 aliphatic heterocycles. The van der Waals surface area contributed by atoms with Crippen molar-refractivity contribution in [2.45, 2.75) is 19.9 Å². The number of nitrogen functional groups attached to an aromatic ring is 1. The van der Waals surface area contributed by atoms with Crippen LogP contribution in [0.2, 0.25) is 0 Å². The second kappa shape index (κ2) is 9.44. The number of carbonyl (C=O) groups excluding carboxylic acids is 1. The smallest absolute Gasteiger partial charge is 0.330 e. The Morgan fingerprint density at radius 2 is 1.82 bits per heavy atom. The first-order valence-electron chi connectivity index (χ1n) is 10.4. The molecular weight excluding hydrogens is 457 g/mol. The molecular formula is C24H22FN5O3S. The predicted molar refractivity (Wildman–Crippen MR) is 131 cm³/mol. The summed E-state index contributed by atoms with van der Waals surface area (Å²) >= 11 is 1.35. The molecule has 0 saturated carbocycles. The molecule has 1 amide bonds. The van der Waals surface area contributed by atoms with Crippen LogP contribution in [0, 0.1) is 12.7 Å². The molecule has 0 atom stereocenters. The summed E-state index contributed by atoms with van der Waals surface area (Å²) < 4.78 is 14.6. The van der Waals surface area contributed by atoms with Crippen molar-refractivity contribution in [1.82, 2.24) is 14.5 Å². The lowest BCUT2D eigenvalue weighted by Crippen LogP contribution is -2.39. The fourth-order valence-corrected chi connectivity index (χ4v) is 4.58. The van der Waals surface area contributed by atoms with Gasteiger partial charge in [-0.25, -0.2) is 14.2 Å². The molecule has 0 saturated heterocycles. The van der Waals surface area contributed by atoms with Gasteiger partial charge in [0.25, 0.3) is 5.56 Å². The molecule has 174 valence electrons. The molecule has 2 aromatic heterocycles. The highest BCUT2D eigenvalue weighted by molar-refractivity contribution is 7.12. The average molecular weight is 480 g/mol. The first-order valence-corrected chi connectivity index (χ1v) is 11.2. The zero-order valence-electron chi connectivity index (χ0n) is 18.5. The van der Waals surface area contributed by atoms with E-state index >= 15 is 0 Å². The van der Waals surface area contributed by atoms with Crippen LogP contribution in [0.5, 0.6) is 0 Å². The number of aromatic nitrogens is 3. The number of amides is 1. The molecule has 0 fully saturated rings. The van der Waals surface area contributed by atoms with Crippen molar-refractivity contribution in [2.75, 3.05) is 17.7 Å². The normalized spacial score (nSPS) is 10.9. The molecule has 4 rings (SSSR count). The molecule has 0 bridgehead atoms. The quantitative estimate of drug-likeness (QED) is 0.441. The Kier molecular flexibility index (Phi) is 6.42. The molecule has 8 nitrogen and oxygen atoms in total. The molecule has 4 aromatic rings. The van der Waals surface area contributed by atoms with Crippen molar-refractivity contribution < 1.29 is 9.18 Å². The van der Waals surface area contributed by atoms with Crippen LogP contribution in [-0.4, -0.2) is 27.5 Å². The number of nitrogens with zero attached hydrogens (tertiary/aromatic N) is 3. The largest absolute Gasteiger partial charge is 0.383 e. The number of nitrogens with two attached hydrogens (primary N) is 1. The SMILES string of the molecule is Cc1nc(-c2ccc(F)cc2)c(CC(=O)N(C)c2c(N)n(Cc3ccccc3)c(=O)[nH]c2=O)s1. The van der Waals surface area contributed by atoms with Crippen molar-refractivity contribution >= 4 is 28.7 Å². The zero-order valence-corrected chi connectivity index (χ0v) is 19.4. The summed E-state index contributed by atoms with van der Waals surface area (Å²) in [4.78, 5) is 46.8. The van der Waals surface area contributed by atoms with Crippen LogP contribution in [-0.2, 0) is 17.8 Å². The summed E-state index contributed by atoms with van der Waals surface area (Å²) in [6.45, 7) is 1.96. The molecule has 0 spiro atoms. The number of benzene rings is 2. The second-order valence-electron chi connectivity index (χ2n) is 7.71. The molecule has 2 aromatic carbocycles. The van der Waals surface area contributed by atoms with E-state index in [2.05, 4.69) is 9.97 Å². The minimum Gasteiger partial charge on any atom is -0.383 e. The van der Waals surface area contributed by atoms with Crippen LogP contribution in [0.3, 0.4) is 0 Å². The Morgan fingerprint density at radius 3 is 2.50 bits per heavy atom. The molecule has 0 aliphatic rings. The topological polar surface area (TPSA) is 114 Å². The number of halogens is 1. The Balaban J connectivity index is 1.65. The standard InChI is InChI=1S/C24H22FN5O3S/c1-14-27-20(16-8-10-17(25)11-9-16)18(34-14)12-19(31)29(2)21-22(26)30(24(33)28-23(21)32)13-15-6-4-3-5-7-15/h3-11H,12-13,26H2,1-2H3,(H,28,32,33). The molecule has 0 aliphatic carbocycles. The van der Waals surface area contributed by atoms with E-state index in [-0.39, 0.29) is 30.3 Å². The van der Waals surface area contributed by atoms with Gasteiger partial charge < -0.3 is 10.6 Å². The highest BCUT2D eigenvalue weighted by Crippen LogP contribution is 2.29. The number of H-pyrrole nitrogens is 1. The number of hydrogen-bond acceptors (Lipinski definition) is 6. The number of aromatic amines is 1. The molecule has 2 heterocycles. The van der Waals surface area contributed by atoms with Crippen molar-refractivity contribution in [3.05, 3.63) is 96.7 Å². The van der Waals surface area contributed by atoms with Gasteiger partial charge in [-0.15, -0.1) is 11.3 Å². The van der Waals surface area contributed by atoms with Gasteiger partial charge in [0.2, 0.25) is 5.91 Å². The van der Waals surface area contributed by atoms with E-state index in [1.54, 1.807) is 12.1 Å². The number of hydrogen-bond donors (Lipinski definition) is 2. The minimum absolute atomic E-state index is 0.0502. The second-order valence-corrected chi connectivity index (χ2v) is 8.99. The molecule has 10 heteroatoms. The highest BCUT2D eigenvalue weighted by atomic mass is 32.1. The van der Waals surface area contributed by atoms with Crippen LogP contribution in [0.25, 0.3) is 11.3 Å². The van der Waals surface area contributed by atoms with Crippen molar-refractivity contribution in [1.29, 1.82) is 0 Å². The molecule has 0 radical (unpaired) electrons. The maximum Gasteiger partial charge on any atom is 0.330 e. The average Bonchev–Trinajstić information content (AvgIpc) is 3.17. The molecule has 34 heavy (non-hydrogen) atoms. The van der Waals surface area contributed by atoms with E-state index in [4.69, 9.17) is 5.73 Å². The van der Waals surface area contributed by atoms with Crippen LogP contribution in [0.15, 0.2) is 64.2 Å². The number of aryl methyl sites for hydroxylation is 1. The number of likely N-dealkylation sites (N-methyl/N-ethyl adjacent to an activating group) is 1. The Hall–Kier alpha value is -4.05. The number of nitrogens with one attached hydrogen (secondary N) is 1. The maximum absolute atomic E-state index is 13.3. The van der Waals surface area contributed by atoms with E-state index < -0.39 is 17.2 Å². The maximum atomic E-state index is 13.3. The van der Waals surface area contributed by atoms with Gasteiger partial charge >= 0.3 is 5.69 Å². The summed E-state index contributed by atoms with van der Waals surface area (Å²) in [5, 5.41) is 0.749. The number of anilines is 2. The summed E-state index contributed by atoms with van der Waals surface area (Å²) in [6.07, 6.45) is -0.0502. The third kappa shape index (κ3) is 4.67. The van der Waals surface area contributed by atoms with E-state index in [0.717, 1.165) is 15.5 Å². The third-order valence-electron chi connectivity index (χ3n) is 5.34. The minimum atomic E-state index is -0.748. The summed E-state index contributed by atoms with van der Waals surface area (Å²) in [6, 6.07) is 15.0. The summed E-state index contributed by atoms with van der Waals surface area (Å²) in [5.74, 6) is -0.879. The van der Waals surface area contributed by atoms with Crippen molar-refractivity contribution in [3.8, 4) is 11.3 Å². The van der Waals surface area contributed by atoms with Gasteiger partial charge in [0.1, 0.15) is 11.6 Å². The number of rotatable bonds is 6. The fourth-order valence-electron chi connectivity index (χ4n) is 3.63. The monoisotopic (exact) mass is 479 g/mol. The third-order valence-corrected chi connectivity index (χ3v) is 6.31. The first-order chi connectivity index (χ1) is 16.2. The van der Waals surface area contributed by atoms with E-state index in [0.29, 0.717) is 16.1 Å². The fraction of sp³-hybridized carbons (Fsp3) is 0.167. The predicted octanol–water partition coefficient (Wildman–Crippen LogP) is 2.94. The van der Waals surface area contributed by atoms with Gasteiger partial charge in [-0.1, -0.05) is 30.3 Å². The Morgan fingerprint density at radius 1 is 1.15 bits per heavy atom. The van der Waals surface area contributed by atoms with Crippen LogP contribution < -0.4 is 21.9 Å². The van der Waals surface area contributed by atoms with Crippen LogP contribution in [0.1, 0.15) is 15.4 Å². The number of carbonyl (C=O) groups is 1. The van der Waals surface area contributed by atoms with Gasteiger partial charge in [-0.2, -0.15) is 0 Å². The summed E-state index contributed by atoms with van der Waals surface area (Å²) in [7, 11) is 1.44. The lowest BCUT2D eigenvalue weighted by atomic mass is 10.1. The van der Waals surface area contributed by atoms with E-state index in [1.807, 2.05) is 37.3 Å². The van der Waals surface area contributed by atoms with Gasteiger partial charge in [0.15, 0.2) is 5.69 Å². The first kappa shape index (κ1) is 23.1. The summed E-state index contributed by atoms with van der Waals surface area (Å²) in [5.41, 5.74) is 6.77.